The average molecular weight is 399 g/mol. The highest BCUT2D eigenvalue weighted by atomic mass is 16.7. The number of hydrogen-bond acceptors (Lipinski definition) is 4. The molecular weight excluding hydrogens is 380 g/mol. The van der Waals surface area contributed by atoms with E-state index in [1.54, 1.807) is 24.3 Å². The van der Waals surface area contributed by atoms with Crippen LogP contribution in [0.1, 0.15) is 28.8 Å². The van der Waals surface area contributed by atoms with Crippen molar-refractivity contribution < 1.29 is 19.1 Å². The first-order valence-electron chi connectivity index (χ1n) is 9.73. The molecule has 1 saturated carbocycles. The normalized spacial score (nSPS) is 15.5. The average Bonchev–Trinajstić information content (AvgIpc) is 3.45. The summed E-state index contributed by atoms with van der Waals surface area (Å²) in [6.45, 7) is 0.210. The third kappa shape index (κ3) is 3.16. The number of carbonyl (C=O) groups is 2. The second-order valence-corrected chi connectivity index (χ2v) is 7.59. The van der Waals surface area contributed by atoms with Gasteiger partial charge in [-0.15, -0.1) is 0 Å². The molecule has 0 aromatic heterocycles. The quantitative estimate of drug-likeness (QED) is 0.697. The lowest BCUT2D eigenvalue weighted by Crippen LogP contribution is -2.27. The number of carbonyl (C=O) groups excluding carboxylic acids is 2. The summed E-state index contributed by atoms with van der Waals surface area (Å²) in [6.07, 6.45) is 1.58. The molecule has 6 heteroatoms. The van der Waals surface area contributed by atoms with Gasteiger partial charge < -0.3 is 14.8 Å². The molecule has 0 spiro atoms. The molecular formula is C24H19N2O4. The predicted octanol–water partition coefficient (Wildman–Crippen LogP) is 4.18. The largest absolute Gasteiger partial charge is 0.454 e. The van der Waals surface area contributed by atoms with Crippen molar-refractivity contribution >= 4 is 17.5 Å². The Morgan fingerprint density at radius 2 is 1.63 bits per heavy atom. The number of benzene rings is 3. The van der Waals surface area contributed by atoms with Crippen LogP contribution in [-0.2, 0) is 10.2 Å². The van der Waals surface area contributed by atoms with Crippen LogP contribution in [0.3, 0.4) is 0 Å². The highest BCUT2D eigenvalue weighted by molar-refractivity contribution is 6.02. The zero-order valence-electron chi connectivity index (χ0n) is 16.1. The number of amides is 2. The van der Waals surface area contributed by atoms with E-state index in [0.29, 0.717) is 22.7 Å². The molecule has 5 rings (SSSR count). The Bertz CT molecular complexity index is 1150. The molecule has 1 aliphatic heterocycles. The molecule has 0 atom stereocenters. The third-order valence-corrected chi connectivity index (χ3v) is 5.71. The van der Waals surface area contributed by atoms with Crippen molar-refractivity contribution in [2.24, 2.45) is 0 Å². The summed E-state index contributed by atoms with van der Waals surface area (Å²) in [6, 6.07) is 20.2. The van der Waals surface area contributed by atoms with E-state index in [1.807, 2.05) is 42.5 Å². The van der Waals surface area contributed by atoms with E-state index < -0.39 is 11.3 Å². The molecule has 149 valence electrons. The van der Waals surface area contributed by atoms with Crippen LogP contribution >= 0.6 is 0 Å². The zero-order valence-corrected chi connectivity index (χ0v) is 16.1. The number of rotatable bonds is 5. The monoisotopic (exact) mass is 399 g/mol. The molecule has 2 amide bonds. The van der Waals surface area contributed by atoms with Crippen LogP contribution in [0.25, 0.3) is 11.1 Å². The first-order valence-corrected chi connectivity index (χ1v) is 9.73. The van der Waals surface area contributed by atoms with Crippen LogP contribution in [0.2, 0.25) is 0 Å². The van der Waals surface area contributed by atoms with E-state index >= 15 is 0 Å². The maximum atomic E-state index is 13.1. The maximum absolute atomic E-state index is 13.1. The number of nitrogens with one attached hydrogen (secondary N) is 2. The summed E-state index contributed by atoms with van der Waals surface area (Å²) in [7, 11) is 0. The lowest BCUT2D eigenvalue weighted by Gasteiger charge is -2.17. The molecule has 6 nitrogen and oxygen atoms in total. The molecule has 30 heavy (non-hydrogen) atoms. The Morgan fingerprint density at radius 1 is 0.867 bits per heavy atom. The maximum Gasteiger partial charge on any atom is 0.269 e. The summed E-state index contributed by atoms with van der Waals surface area (Å²) >= 11 is 0. The van der Waals surface area contributed by atoms with Crippen molar-refractivity contribution in [3.63, 3.8) is 0 Å². The van der Waals surface area contributed by atoms with Crippen molar-refractivity contribution in [2.75, 3.05) is 12.1 Å². The third-order valence-electron chi connectivity index (χ3n) is 5.71. The summed E-state index contributed by atoms with van der Waals surface area (Å²) < 4.78 is 10.8. The van der Waals surface area contributed by atoms with Crippen LogP contribution in [0.15, 0.2) is 66.7 Å². The van der Waals surface area contributed by atoms with E-state index in [-0.39, 0.29) is 12.7 Å². The fraction of sp³-hybridized carbons (Fsp3) is 0.167. The molecule has 0 bridgehead atoms. The second kappa shape index (κ2) is 6.91. The van der Waals surface area contributed by atoms with Crippen molar-refractivity contribution in [2.45, 2.75) is 18.3 Å². The van der Waals surface area contributed by atoms with Crippen LogP contribution in [-0.4, -0.2) is 18.6 Å². The minimum absolute atomic E-state index is 0.0336. The minimum Gasteiger partial charge on any atom is -0.454 e. The number of anilines is 1. The summed E-state index contributed by atoms with van der Waals surface area (Å²) in [5.41, 5.74) is 10.5. The Kier molecular flexibility index (Phi) is 4.20. The lowest BCUT2D eigenvalue weighted by atomic mass is 9.94. The molecule has 3 aromatic rings. The SMILES string of the molecule is [NH]C(=O)c1ccc(-c2cccc(NC(=O)C3(c4ccc5c(c4)OCO5)CC3)c2)cc1. The highest BCUT2D eigenvalue weighted by Gasteiger charge is 2.51. The van der Waals surface area contributed by atoms with Gasteiger partial charge in [-0.1, -0.05) is 30.3 Å². The van der Waals surface area contributed by atoms with Gasteiger partial charge in [-0.3, -0.25) is 15.3 Å². The van der Waals surface area contributed by atoms with Gasteiger partial charge in [0.25, 0.3) is 5.91 Å². The van der Waals surface area contributed by atoms with E-state index in [4.69, 9.17) is 15.2 Å². The van der Waals surface area contributed by atoms with Crippen molar-refractivity contribution in [3.8, 4) is 22.6 Å². The molecule has 2 aliphatic rings. The molecule has 1 heterocycles. The summed E-state index contributed by atoms with van der Waals surface area (Å²) in [5, 5.41) is 3.06. The Balaban J connectivity index is 1.36. The topological polar surface area (TPSA) is 88.4 Å². The Hall–Kier alpha value is -3.80. The van der Waals surface area contributed by atoms with Gasteiger partial charge in [0.2, 0.25) is 12.7 Å². The van der Waals surface area contributed by atoms with Crippen LogP contribution < -0.4 is 20.5 Å². The predicted molar refractivity (Wildman–Crippen MR) is 111 cm³/mol. The van der Waals surface area contributed by atoms with Gasteiger partial charge >= 0.3 is 0 Å². The number of ether oxygens (including phenoxy) is 2. The van der Waals surface area contributed by atoms with Gasteiger partial charge in [0, 0.05) is 11.3 Å². The van der Waals surface area contributed by atoms with Crippen LogP contribution in [0.4, 0.5) is 5.69 Å². The summed E-state index contributed by atoms with van der Waals surface area (Å²) in [5.74, 6) is 0.651. The van der Waals surface area contributed by atoms with Gasteiger partial charge in [-0.2, -0.15) is 0 Å². The van der Waals surface area contributed by atoms with E-state index in [2.05, 4.69) is 5.32 Å². The molecule has 1 aliphatic carbocycles. The van der Waals surface area contributed by atoms with Gasteiger partial charge in [0.05, 0.1) is 5.41 Å². The van der Waals surface area contributed by atoms with E-state index in [1.165, 1.54) is 0 Å². The second-order valence-electron chi connectivity index (χ2n) is 7.59. The Labute approximate surface area is 173 Å². The molecule has 1 radical (unpaired) electrons. The van der Waals surface area contributed by atoms with Gasteiger partial charge in [0.1, 0.15) is 0 Å². The molecule has 0 saturated heterocycles. The Morgan fingerprint density at radius 3 is 2.37 bits per heavy atom. The fourth-order valence-corrected chi connectivity index (χ4v) is 3.81. The fourth-order valence-electron chi connectivity index (χ4n) is 3.81. The van der Waals surface area contributed by atoms with Gasteiger partial charge in [-0.05, 0) is 65.9 Å². The molecule has 1 fully saturated rings. The first kappa shape index (κ1) is 18.2. The van der Waals surface area contributed by atoms with E-state index in [9.17, 15) is 9.59 Å². The van der Waals surface area contributed by atoms with Gasteiger partial charge in [-0.25, -0.2) is 0 Å². The van der Waals surface area contributed by atoms with Crippen molar-refractivity contribution in [3.05, 3.63) is 77.9 Å². The standard InChI is InChI=1S/C24H19N2O4/c25-22(27)16-6-4-15(5-7-16)17-2-1-3-19(12-17)26-23(28)24(10-11-24)18-8-9-20-21(13-18)30-14-29-20/h1-9,12-13,25H,10-11,14H2,(H,26,28). The van der Waals surface area contributed by atoms with Crippen LogP contribution in [0.5, 0.6) is 11.5 Å². The number of hydrogen-bond donors (Lipinski definition) is 1. The summed E-state index contributed by atoms with van der Waals surface area (Å²) in [4.78, 5) is 24.3. The minimum atomic E-state index is -0.708. The number of fused-ring (bicyclic) bond motifs is 1. The zero-order chi connectivity index (χ0) is 20.7. The highest BCUT2D eigenvalue weighted by Crippen LogP contribution is 2.51. The molecule has 3 aromatic carbocycles. The molecule has 2 N–H and O–H groups in total. The van der Waals surface area contributed by atoms with E-state index in [0.717, 1.165) is 29.5 Å². The first-order chi connectivity index (χ1) is 14.5. The van der Waals surface area contributed by atoms with Crippen molar-refractivity contribution in [1.29, 1.82) is 0 Å². The van der Waals surface area contributed by atoms with Crippen molar-refractivity contribution in [1.82, 2.24) is 5.73 Å². The smallest absolute Gasteiger partial charge is 0.269 e. The lowest BCUT2D eigenvalue weighted by molar-refractivity contribution is -0.118. The van der Waals surface area contributed by atoms with Crippen LogP contribution in [0, 0.1) is 0 Å². The van der Waals surface area contributed by atoms with Gasteiger partial charge in [0.15, 0.2) is 11.5 Å². The molecule has 0 unspecified atom stereocenters.